The van der Waals surface area contributed by atoms with E-state index in [1.54, 1.807) is 6.20 Å². The van der Waals surface area contributed by atoms with Gasteiger partial charge in [0.1, 0.15) is 0 Å². The summed E-state index contributed by atoms with van der Waals surface area (Å²) < 4.78 is 0. The van der Waals surface area contributed by atoms with Gasteiger partial charge in [-0.05, 0) is 12.8 Å². The molecule has 1 heterocycles. The summed E-state index contributed by atoms with van der Waals surface area (Å²) in [5.74, 6) is 1.20. The second-order valence-corrected chi connectivity index (χ2v) is 3.22. The van der Waals surface area contributed by atoms with Gasteiger partial charge < -0.3 is 10.3 Å². The van der Waals surface area contributed by atoms with Crippen LogP contribution in [0.25, 0.3) is 0 Å². The van der Waals surface area contributed by atoms with Crippen molar-refractivity contribution in [2.45, 2.75) is 20.8 Å². The topological polar surface area (TPSA) is 40.7 Å². The maximum Gasteiger partial charge on any atom is 0.204 e. The van der Waals surface area contributed by atoms with Gasteiger partial charge in [0, 0.05) is 17.6 Å². The van der Waals surface area contributed by atoms with Gasteiger partial charge in [-0.25, -0.2) is 4.98 Å². The number of hydrogen-bond acceptors (Lipinski definition) is 2. The Morgan fingerprint density at radius 2 is 2.33 bits per heavy atom. The fourth-order valence-electron chi connectivity index (χ4n) is 0.773. The number of nitrogens with one attached hydrogen (secondary N) is 2. The summed E-state index contributed by atoms with van der Waals surface area (Å²) in [6.45, 7) is 10.0. The third-order valence-corrected chi connectivity index (χ3v) is 1.68. The van der Waals surface area contributed by atoms with E-state index in [1.807, 2.05) is 6.92 Å². The lowest BCUT2D eigenvalue weighted by Crippen LogP contribution is -2.05. The Balaban J connectivity index is 2.58. The van der Waals surface area contributed by atoms with Crippen LogP contribution in [0, 0.1) is 12.8 Å². The number of rotatable bonds is 3. The van der Waals surface area contributed by atoms with Crippen LogP contribution < -0.4 is 5.32 Å². The number of aryl methyl sites for hydroxylation is 1. The molecular formula is C9H15N3. The maximum absolute atomic E-state index is 4.11. The third kappa shape index (κ3) is 2.12. The average molecular weight is 165 g/mol. The first kappa shape index (κ1) is 8.84. The minimum Gasteiger partial charge on any atom is -0.330 e. The Hall–Kier alpha value is -1.25. The molecule has 0 aliphatic heterocycles. The molecule has 0 bridgehead atoms. The van der Waals surface area contributed by atoms with Crippen LogP contribution in [0.3, 0.4) is 0 Å². The van der Waals surface area contributed by atoms with Gasteiger partial charge in [0.2, 0.25) is 5.95 Å². The number of aromatic amines is 1. The van der Waals surface area contributed by atoms with Crippen molar-refractivity contribution >= 4 is 5.95 Å². The molecule has 0 spiro atoms. The van der Waals surface area contributed by atoms with Gasteiger partial charge in [0.05, 0.1) is 0 Å². The zero-order chi connectivity index (χ0) is 9.14. The lowest BCUT2D eigenvalue weighted by Gasteiger charge is -2.09. The molecule has 0 radical (unpaired) electrons. The quantitative estimate of drug-likeness (QED) is 0.721. The van der Waals surface area contributed by atoms with Crippen molar-refractivity contribution in [2.75, 3.05) is 5.32 Å². The number of allylic oxidation sites excluding steroid dienone is 1. The molecule has 0 aliphatic carbocycles. The SMILES string of the molecule is C=C(Nc1ncc(C)[nH]1)C(C)C. The molecule has 0 saturated heterocycles. The zero-order valence-corrected chi connectivity index (χ0v) is 7.81. The van der Waals surface area contributed by atoms with Crippen molar-refractivity contribution in [1.82, 2.24) is 9.97 Å². The van der Waals surface area contributed by atoms with Gasteiger partial charge in [-0.3, -0.25) is 0 Å². The van der Waals surface area contributed by atoms with Crippen molar-refractivity contribution in [3.05, 3.63) is 24.2 Å². The van der Waals surface area contributed by atoms with Gasteiger partial charge in [0.25, 0.3) is 0 Å². The van der Waals surface area contributed by atoms with E-state index in [2.05, 4.69) is 35.7 Å². The highest BCUT2D eigenvalue weighted by Crippen LogP contribution is 2.10. The summed E-state index contributed by atoms with van der Waals surface area (Å²) in [5.41, 5.74) is 2.03. The van der Waals surface area contributed by atoms with E-state index in [1.165, 1.54) is 0 Å². The van der Waals surface area contributed by atoms with Crippen LogP contribution in [0.1, 0.15) is 19.5 Å². The van der Waals surface area contributed by atoms with Gasteiger partial charge in [0.15, 0.2) is 0 Å². The van der Waals surface area contributed by atoms with E-state index in [0.29, 0.717) is 5.92 Å². The van der Waals surface area contributed by atoms with E-state index in [4.69, 9.17) is 0 Å². The Morgan fingerprint density at radius 3 is 2.75 bits per heavy atom. The first-order valence-corrected chi connectivity index (χ1v) is 4.07. The van der Waals surface area contributed by atoms with Gasteiger partial charge in [-0.2, -0.15) is 0 Å². The Kier molecular flexibility index (Phi) is 2.53. The predicted molar refractivity (Wildman–Crippen MR) is 50.9 cm³/mol. The average Bonchev–Trinajstić information content (AvgIpc) is 2.35. The monoisotopic (exact) mass is 165 g/mol. The number of nitrogens with zero attached hydrogens (tertiary/aromatic N) is 1. The largest absolute Gasteiger partial charge is 0.330 e. The Morgan fingerprint density at radius 1 is 1.67 bits per heavy atom. The second-order valence-electron chi connectivity index (χ2n) is 3.22. The summed E-state index contributed by atoms with van der Waals surface area (Å²) in [5, 5.41) is 3.10. The van der Waals surface area contributed by atoms with Crippen LogP contribution in [0.5, 0.6) is 0 Å². The van der Waals surface area contributed by atoms with Crippen molar-refractivity contribution in [3.63, 3.8) is 0 Å². The molecule has 0 atom stereocenters. The smallest absolute Gasteiger partial charge is 0.204 e. The molecule has 2 N–H and O–H groups in total. The van der Waals surface area contributed by atoms with Crippen molar-refractivity contribution in [2.24, 2.45) is 5.92 Å². The van der Waals surface area contributed by atoms with E-state index >= 15 is 0 Å². The lowest BCUT2D eigenvalue weighted by molar-refractivity contribution is 0.775. The number of imidazole rings is 1. The van der Waals surface area contributed by atoms with Crippen molar-refractivity contribution < 1.29 is 0 Å². The van der Waals surface area contributed by atoms with E-state index in [0.717, 1.165) is 17.3 Å². The molecule has 0 fully saturated rings. The first-order chi connectivity index (χ1) is 5.59. The van der Waals surface area contributed by atoms with Gasteiger partial charge in [-0.15, -0.1) is 0 Å². The standard InChI is InChI=1S/C9H15N3/c1-6(2)8(4)12-9-10-5-7(3)11-9/h5-6H,4H2,1-3H3,(H2,10,11,12). The van der Waals surface area contributed by atoms with Gasteiger partial charge in [-0.1, -0.05) is 20.4 Å². The van der Waals surface area contributed by atoms with E-state index < -0.39 is 0 Å². The molecule has 12 heavy (non-hydrogen) atoms. The van der Waals surface area contributed by atoms with Gasteiger partial charge >= 0.3 is 0 Å². The number of aromatic nitrogens is 2. The first-order valence-electron chi connectivity index (χ1n) is 4.07. The Labute approximate surface area is 72.9 Å². The minimum absolute atomic E-state index is 0.426. The summed E-state index contributed by atoms with van der Waals surface area (Å²) in [4.78, 5) is 7.19. The highest BCUT2D eigenvalue weighted by molar-refractivity contribution is 5.34. The molecule has 0 saturated carbocycles. The highest BCUT2D eigenvalue weighted by Gasteiger charge is 2.01. The van der Waals surface area contributed by atoms with Crippen LogP contribution in [-0.2, 0) is 0 Å². The molecule has 0 amide bonds. The molecule has 1 aromatic heterocycles. The van der Waals surface area contributed by atoms with Crippen LogP contribution in [-0.4, -0.2) is 9.97 Å². The maximum atomic E-state index is 4.11. The van der Waals surface area contributed by atoms with Crippen LogP contribution >= 0.6 is 0 Å². The molecule has 0 aromatic carbocycles. The van der Waals surface area contributed by atoms with Crippen LogP contribution in [0.4, 0.5) is 5.95 Å². The van der Waals surface area contributed by atoms with E-state index in [9.17, 15) is 0 Å². The normalized spacial score (nSPS) is 10.3. The molecule has 0 aliphatic rings. The van der Waals surface area contributed by atoms with Crippen molar-refractivity contribution in [3.8, 4) is 0 Å². The van der Waals surface area contributed by atoms with Crippen molar-refractivity contribution in [1.29, 1.82) is 0 Å². The summed E-state index contributed by atoms with van der Waals surface area (Å²) in [7, 11) is 0. The molecule has 0 unspecified atom stereocenters. The second kappa shape index (κ2) is 3.43. The highest BCUT2D eigenvalue weighted by atomic mass is 15.1. The number of hydrogen-bond donors (Lipinski definition) is 2. The number of H-pyrrole nitrogens is 1. The predicted octanol–water partition coefficient (Wildman–Crippen LogP) is 2.30. The zero-order valence-electron chi connectivity index (χ0n) is 7.81. The third-order valence-electron chi connectivity index (χ3n) is 1.68. The fourth-order valence-corrected chi connectivity index (χ4v) is 0.773. The summed E-state index contributed by atoms with van der Waals surface area (Å²) in [6, 6.07) is 0. The lowest BCUT2D eigenvalue weighted by atomic mass is 10.2. The van der Waals surface area contributed by atoms with Crippen LogP contribution in [0.15, 0.2) is 18.5 Å². The van der Waals surface area contributed by atoms with Crippen LogP contribution in [0.2, 0.25) is 0 Å². The molecular weight excluding hydrogens is 150 g/mol. The molecule has 3 heteroatoms. The molecule has 1 aromatic rings. The van der Waals surface area contributed by atoms with E-state index in [-0.39, 0.29) is 0 Å². The minimum atomic E-state index is 0.426. The molecule has 3 nitrogen and oxygen atoms in total. The molecule has 1 rings (SSSR count). The molecule has 66 valence electrons. The number of anilines is 1. The summed E-state index contributed by atoms with van der Waals surface area (Å²) in [6.07, 6.45) is 1.79. The fraction of sp³-hybridized carbons (Fsp3) is 0.444. The summed E-state index contributed by atoms with van der Waals surface area (Å²) >= 11 is 0. The Bertz CT molecular complexity index is 273.